The summed E-state index contributed by atoms with van der Waals surface area (Å²) in [5.41, 5.74) is 4.51. The zero-order valence-corrected chi connectivity index (χ0v) is 25.3. The van der Waals surface area contributed by atoms with E-state index in [4.69, 9.17) is 9.47 Å². The van der Waals surface area contributed by atoms with Crippen LogP contribution in [0.5, 0.6) is 11.5 Å². The molecule has 0 aliphatic carbocycles. The molecule has 0 fully saturated rings. The van der Waals surface area contributed by atoms with Gasteiger partial charge in [0.05, 0.1) is 6.10 Å². The van der Waals surface area contributed by atoms with Gasteiger partial charge in [0, 0.05) is 27.9 Å². The van der Waals surface area contributed by atoms with Gasteiger partial charge in [0.2, 0.25) is 0 Å². The zero-order chi connectivity index (χ0) is 29.4. The standard InChI is InChI=1S/C38H38O3S/c1-37(2,29-19-23-35(24-20-29)40-27-34(39)28-42-3)30-21-25-36(26-22-30)41-38(31-13-7-4-8-14-31,32-15-9-5-10-16-32)33-17-11-6-12-18-33/h4-26,34,39H,27-28H2,1-3H3. The van der Waals surface area contributed by atoms with Gasteiger partial charge in [0.15, 0.2) is 5.60 Å². The van der Waals surface area contributed by atoms with Crippen molar-refractivity contribution < 1.29 is 14.6 Å². The lowest BCUT2D eigenvalue weighted by Gasteiger charge is -2.36. The summed E-state index contributed by atoms with van der Waals surface area (Å²) < 4.78 is 12.9. The molecule has 0 radical (unpaired) electrons. The summed E-state index contributed by atoms with van der Waals surface area (Å²) in [6, 6.07) is 47.9. The molecule has 0 spiro atoms. The van der Waals surface area contributed by atoms with Crippen LogP contribution in [0.3, 0.4) is 0 Å². The Kier molecular flexibility index (Phi) is 9.36. The quantitative estimate of drug-likeness (QED) is 0.152. The predicted octanol–water partition coefficient (Wildman–Crippen LogP) is 8.49. The Bertz CT molecular complexity index is 1420. The third kappa shape index (κ3) is 6.41. The topological polar surface area (TPSA) is 38.7 Å². The molecule has 1 N–H and O–H groups in total. The van der Waals surface area contributed by atoms with Gasteiger partial charge in [-0.25, -0.2) is 0 Å². The number of benzene rings is 5. The van der Waals surface area contributed by atoms with E-state index in [0.29, 0.717) is 12.4 Å². The molecule has 5 aromatic carbocycles. The first-order valence-electron chi connectivity index (χ1n) is 14.3. The van der Waals surface area contributed by atoms with Gasteiger partial charge in [-0.1, -0.05) is 129 Å². The van der Waals surface area contributed by atoms with Crippen LogP contribution in [0.4, 0.5) is 0 Å². The lowest BCUT2D eigenvalue weighted by atomic mass is 9.78. The second-order valence-corrected chi connectivity index (χ2v) is 11.9. The van der Waals surface area contributed by atoms with E-state index in [9.17, 15) is 5.11 Å². The summed E-state index contributed by atoms with van der Waals surface area (Å²) >= 11 is 1.61. The molecule has 3 nitrogen and oxygen atoms in total. The third-order valence-electron chi connectivity index (χ3n) is 7.77. The van der Waals surface area contributed by atoms with E-state index in [1.54, 1.807) is 11.8 Å². The highest BCUT2D eigenvalue weighted by Gasteiger charge is 2.39. The first kappa shape index (κ1) is 29.5. The van der Waals surface area contributed by atoms with Gasteiger partial charge in [-0.15, -0.1) is 0 Å². The number of aliphatic hydroxyl groups excluding tert-OH is 1. The van der Waals surface area contributed by atoms with Crippen molar-refractivity contribution in [3.05, 3.63) is 167 Å². The van der Waals surface area contributed by atoms with Crippen molar-refractivity contribution in [2.45, 2.75) is 31.0 Å². The molecule has 0 saturated heterocycles. The molecule has 5 aromatic rings. The van der Waals surface area contributed by atoms with Crippen LogP contribution in [0.25, 0.3) is 0 Å². The summed E-state index contributed by atoms with van der Waals surface area (Å²) in [5.74, 6) is 2.21. The van der Waals surface area contributed by atoms with E-state index in [2.05, 4.69) is 123 Å². The molecule has 0 amide bonds. The van der Waals surface area contributed by atoms with E-state index in [1.807, 2.05) is 36.6 Å². The molecule has 0 aromatic heterocycles. The molecular formula is C38H38O3S. The maximum atomic E-state index is 9.97. The van der Waals surface area contributed by atoms with Crippen LogP contribution in [0, 0.1) is 0 Å². The van der Waals surface area contributed by atoms with Crippen molar-refractivity contribution in [2.75, 3.05) is 18.6 Å². The number of hydrogen-bond acceptors (Lipinski definition) is 4. The number of rotatable bonds is 12. The largest absolute Gasteiger partial charge is 0.491 e. The SMILES string of the molecule is CSCC(O)COc1ccc(C(C)(C)c2ccc(OC(c3ccccc3)(c3ccccc3)c3ccccc3)cc2)cc1. The molecule has 1 atom stereocenters. The molecule has 0 aliphatic rings. The van der Waals surface area contributed by atoms with Crippen LogP contribution in [-0.4, -0.2) is 29.8 Å². The van der Waals surface area contributed by atoms with Crippen molar-refractivity contribution in [3.8, 4) is 11.5 Å². The maximum absolute atomic E-state index is 9.97. The first-order chi connectivity index (χ1) is 20.4. The smallest absolute Gasteiger partial charge is 0.184 e. The van der Waals surface area contributed by atoms with Crippen molar-refractivity contribution >= 4 is 11.8 Å². The Balaban J connectivity index is 1.44. The van der Waals surface area contributed by atoms with Crippen LogP contribution in [-0.2, 0) is 11.0 Å². The lowest BCUT2D eigenvalue weighted by molar-refractivity contribution is 0.126. The van der Waals surface area contributed by atoms with Gasteiger partial charge < -0.3 is 14.6 Å². The molecule has 4 heteroatoms. The van der Waals surface area contributed by atoms with Gasteiger partial charge in [-0.2, -0.15) is 11.8 Å². The fourth-order valence-corrected chi connectivity index (χ4v) is 5.86. The molecule has 1 unspecified atom stereocenters. The van der Waals surface area contributed by atoms with E-state index in [-0.39, 0.29) is 5.41 Å². The average molecular weight is 575 g/mol. The summed E-state index contributed by atoms with van der Waals surface area (Å²) in [5, 5.41) is 9.97. The van der Waals surface area contributed by atoms with E-state index >= 15 is 0 Å². The monoisotopic (exact) mass is 574 g/mol. The molecule has 214 valence electrons. The van der Waals surface area contributed by atoms with Crippen LogP contribution >= 0.6 is 11.8 Å². The Morgan fingerprint density at radius 1 is 0.571 bits per heavy atom. The minimum atomic E-state index is -0.819. The predicted molar refractivity (Wildman–Crippen MR) is 175 cm³/mol. The van der Waals surface area contributed by atoms with Crippen LogP contribution in [0.15, 0.2) is 140 Å². The van der Waals surface area contributed by atoms with Crippen LogP contribution < -0.4 is 9.47 Å². The maximum Gasteiger partial charge on any atom is 0.184 e. The van der Waals surface area contributed by atoms with E-state index in [0.717, 1.165) is 28.2 Å². The van der Waals surface area contributed by atoms with Crippen molar-refractivity contribution in [1.29, 1.82) is 0 Å². The third-order valence-corrected chi connectivity index (χ3v) is 8.48. The molecule has 0 saturated carbocycles. The Morgan fingerprint density at radius 3 is 1.38 bits per heavy atom. The first-order valence-corrected chi connectivity index (χ1v) is 15.7. The van der Waals surface area contributed by atoms with Gasteiger partial charge in [0.1, 0.15) is 18.1 Å². The van der Waals surface area contributed by atoms with E-state index in [1.165, 1.54) is 11.1 Å². The Labute approximate surface area is 254 Å². The Hall–Kier alpha value is -3.99. The average Bonchev–Trinajstić information content (AvgIpc) is 3.04. The number of hydrogen-bond donors (Lipinski definition) is 1. The molecule has 0 aliphatic heterocycles. The summed E-state index contributed by atoms with van der Waals surface area (Å²) in [4.78, 5) is 0. The van der Waals surface area contributed by atoms with Gasteiger partial charge in [0.25, 0.3) is 0 Å². The van der Waals surface area contributed by atoms with Crippen LogP contribution in [0.2, 0.25) is 0 Å². The fourth-order valence-electron chi connectivity index (χ4n) is 5.38. The zero-order valence-electron chi connectivity index (χ0n) is 24.4. The summed E-state index contributed by atoms with van der Waals surface area (Å²) in [7, 11) is 0. The lowest BCUT2D eigenvalue weighted by Crippen LogP contribution is -2.36. The molecule has 42 heavy (non-hydrogen) atoms. The second kappa shape index (κ2) is 13.3. The van der Waals surface area contributed by atoms with Crippen LogP contribution in [0.1, 0.15) is 41.7 Å². The van der Waals surface area contributed by atoms with Crippen molar-refractivity contribution in [3.63, 3.8) is 0 Å². The summed E-state index contributed by atoms with van der Waals surface area (Å²) in [6.07, 6.45) is 1.51. The van der Waals surface area contributed by atoms with Gasteiger partial charge in [-0.3, -0.25) is 0 Å². The number of thioether (sulfide) groups is 1. The number of ether oxygens (including phenoxy) is 2. The highest BCUT2D eigenvalue weighted by molar-refractivity contribution is 7.98. The minimum Gasteiger partial charge on any atom is -0.491 e. The highest BCUT2D eigenvalue weighted by atomic mass is 32.2. The molecule has 0 heterocycles. The van der Waals surface area contributed by atoms with Crippen molar-refractivity contribution in [1.82, 2.24) is 0 Å². The minimum absolute atomic E-state index is 0.231. The molecular weight excluding hydrogens is 536 g/mol. The number of aliphatic hydroxyl groups is 1. The fraction of sp³-hybridized carbons (Fsp3) is 0.211. The Morgan fingerprint density at radius 2 is 0.976 bits per heavy atom. The van der Waals surface area contributed by atoms with E-state index < -0.39 is 11.7 Å². The second-order valence-electron chi connectivity index (χ2n) is 11.0. The van der Waals surface area contributed by atoms with Gasteiger partial charge in [-0.05, 0) is 41.6 Å². The molecule has 5 rings (SSSR count). The molecule has 0 bridgehead atoms. The highest BCUT2D eigenvalue weighted by Crippen LogP contribution is 2.42. The normalized spacial score (nSPS) is 12.5. The van der Waals surface area contributed by atoms with Gasteiger partial charge >= 0.3 is 0 Å². The van der Waals surface area contributed by atoms with Crippen molar-refractivity contribution in [2.24, 2.45) is 0 Å². The summed E-state index contributed by atoms with van der Waals surface area (Å²) in [6.45, 7) is 4.74.